The van der Waals surface area contributed by atoms with Crippen molar-refractivity contribution in [1.29, 1.82) is 0 Å². The van der Waals surface area contributed by atoms with Gasteiger partial charge in [0, 0.05) is 19.5 Å². The average Bonchev–Trinajstić information content (AvgIpc) is 2.78. The molecule has 0 fully saturated rings. The van der Waals surface area contributed by atoms with Gasteiger partial charge in [0.05, 0.1) is 12.8 Å². The van der Waals surface area contributed by atoms with Crippen LogP contribution in [-0.2, 0) is 11.3 Å². The van der Waals surface area contributed by atoms with Crippen molar-refractivity contribution < 1.29 is 9.21 Å². The first-order valence-corrected chi connectivity index (χ1v) is 5.82. The minimum Gasteiger partial charge on any atom is -0.468 e. The molecule has 90 valence electrons. The van der Waals surface area contributed by atoms with E-state index < -0.39 is 0 Å². The van der Waals surface area contributed by atoms with Gasteiger partial charge in [-0.15, -0.1) is 0 Å². The predicted molar refractivity (Wildman–Crippen MR) is 62.9 cm³/mol. The van der Waals surface area contributed by atoms with Gasteiger partial charge in [0.2, 0.25) is 5.91 Å². The molecule has 0 aliphatic heterocycles. The zero-order chi connectivity index (χ0) is 11.6. The molecule has 0 saturated carbocycles. The van der Waals surface area contributed by atoms with Crippen molar-refractivity contribution in [2.24, 2.45) is 0 Å². The Labute approximate surface area is 96.4 Å². The summed E-state index contributed by atoms with van der Waals surface area (Å²) in [6.45, 7) is 4.25. The van der Waals surface area contributed by atoms with Gasteiger partial charge in [0.15, 0.2) is 0 Å². The Morgan fingerprint density at radius 3 is 3.00 bits per heavy atom. The highest BCUT2D eigenvalue weighted by Gasteiger charge is 2.00. The first-order valence-electron chi connectivity index (χ1n) is 5.82. The van der Waals surface area contributed by atoms with Gasteiger partial charge in [-0.1, -0.05) is 13.3 Å². The van der Waals surface area contributed by atoms with Crippen LogP contribution in [0.25, 0.3) is 0 Å². The summed E-state index contributed by atoms with van der Waals surface area (Å²) >= 11 is 0. The van der Waals surface area contributed by atoms with Crippen LogP contribution in [0.15, 0.2) is 22.8 Å². The molecule has 0 atom stereocenters. The largest absolute Gasteiger partial charge is 0.468 e. The third-order valence-electron chi connectivity index (χ3n) is 2.26. The molecule has 0 spiro atoms. The molecular weight excluding hydrogens is 204 g/mol. The number of nitrogens with one attached hydrogen (secondary N) is 2. The van der Waals surface area contributed by atoms with Gasteiger partial charge in [-0.05, 0) is 18.6 Å². The molecule has 0 bridgehead atoms. The van der Waals surface area contributed by atoms with Crippen LogP contribution < -0.4 is 10.6 Å². The molecule has 0 unspecified atom stereocenters. The molecule has 0 aliphatic carbocycles. The van der Waals surface area contributed by atoms with E-state index in [2.05, 4.69) is 17.6 Å². The number of carbonyl (C=O) groups is 1. The smallest absolute Gasteiger partial charge is 0.221 e. The van der Waals surface area contributed by atoms with E-state index in [9.17, 15) is 4.79 Å². The number of hydrogen-bond donors (Lipinski definition) is 2. The summed E-state index contributed by atoms with van der Waals surface area (Å²) in [5.74, 6) is 1.01. The minimum absolute atomic E-state index is 0.111. The van der Waals surface area contributed by atoms with Crippen LogP contribution >= 0.6 is 0 Å². The number of amides is 1. The molecule has 0 aromatic carbocycles. The van der Waals surface area contributed by atoms with Crippen molar-refractivity contribution in [3.8, 4) is 0 Å². The van der Waals surface area contributed by atoms with Crippen LogP contribution in [0, 0.1) is 0 Å². The summed E-state index contributed by atoms with van der Waals surface area (Å²) in [6, 6.07) is 3.77. The Kier molecular flexibility index (Phi) is 6.33. The topological polar surface area (TPSA) is 54.3 Å². The molecule has 1 heterocycles. The first-order chi connectivity index (χ1) is 7.83. The number of hydrogen-bond acceptors (Lipinski definition) is 3. The van der Waals surface area contributed by atoms with Crippen molar-refractivity contribution in [3.05, 3.63) is 24.2 Å². The summed E-state index contributed by atoms with van der Waals surface area (Å²) in [7, 11) is 0. The standard InChI is InChI=1S/C12H20N2O2/c1-2-3-7-14-12(15)6-8-13-10-11-5-4-9-16-11/h4-5,9,13H,2-3,6-8,10H2,1H3,(H,14,15). The molecule has 0 radical (unpaired) electrons. The maximum absolute atomic E-state index is 11.3. The van der Waals surface area contributed by atoms with E-state index in [-0.39, 0.29) is 5.91 Å². The number of carbonyl (C=O) groups excluding carboxylic acids is 1. The van der Waals surface area contributed by atoms with Crippen LogP contribution in [0.4, 0.5) is 0 Å². The summed E-state index contributed by atoms with van der Waals surface area (Å²) in [4.78, 5) is 11.3. The molecule has 1 aromatic rings. The second-order valence-corrected chi connectivity index (χ2v) is 3.71. The van der Waals surface area contributed by atoms with Gasteiger partial charge in [0.25, 0.3) is 0 Å². The molecule has 0 saturated heterocycles. The van der Waals surface area contributed by atoms with E-state index in [0.29, 0.717) is 19.5 Å². The van der Waals surface area contributed by atoms with Crippen LogP contribution in [0.3, 0.4) is 0 Å². The monoisotopic (exact) mass is 224 g/mol. The van der Waals surface area contributed by atoms with Crippen molar-refractivity contribution in [1.82, 2.24) is 10.6 Å². The molecular formula is C12H20N2O2. The van der Waals surface area contributed by atoms with Crippen molar-refractivity contribution in [2.45, 2.75) is 32.7 Å². The third kappa shape index (κ3) is 5.56. The van der Waals surface area contributed by atoms with Gasteiger partial charge < -0.3 is 15.1 Å². The minimum atomic E-state index is 0.111. The quantitative estimate of drug-likeness (QED) is 0.660. The molecule has 1 aromatic heterocycles. The van der Waals surface area contributed by atoms with Crippen LogP contribution in [0.1, 0.15) is 31.9 Å². The van der Waals surface area contributed by atoms with E-state index in [0.717, 1.165) is 25.1 Å². The van der Waals surface area contributed by atoms with E-state index in [1.165, 1.54) is 0 Å². The Bertz CT molecular complexity index is 283. The lowest BCUT2D eigenvalue weighted by atomic mass is 10.3. The molecule has 4 nitrogen and oxygen atoms in total. The van der Waals surface area contributed by atoms with Crippen LogP contribution in [0.5, 0.6) is 0 Å². The Morgan fingerprint density at radius 2 is 2.31 bits per heavy atom. The summed E-state index contributed by atoms with van der Waals surface area (Å²) in [5.41, 5.74) is 0. The van der Waals surface area contributed by atoms with Gasteiger partial charge in [0.1, 0.15) is 5.76 Å². The van der Waals surface area contributed by atoms with Crippen molar-refractivity contribution in [3.63, 3.8) is 0 Å². The number of rotatable bonds is 8. The highest BCUT2D eigenvalue weighted by atomic mass is 16.3. The molecule has 1 amide bonds. The SMILES string of the molecule is CCCCNC(=O)CCNCc1ccco1. The molecule has 16 heavy (non-hydrogen) atoms. The zero-order valence-electron chi connectivity index (χ0n) is 9.79. The van der Waals surface area contributed by atoms with Gasteiger partial charge in [-0.2, -0.15) is 0 Å². The average molecular weight is 224 g/mol. The summed E-state index contributed by atoms with van der Waals surface area (Å²) in [6.07, 6.45) is 4.32. The lowest BCUT2D eigenvalue weighted by molar-refractivity contribution is -0.121. The van der Waals surface area contributed by atoms with E-state index in [4.69, 9.17) is 4.42 Å². The Hall–Kier alpha value is -1.29. The lowest BCUT2D eigenvalue weighted by Gasteiger charge is -2.04. The first kappa shape index (κ1) is 12.8. The van der Waals surface area contributed by atoms with E-state index >= 15 is 0 Å². The highest BCUT2D eigenvalue weighted by Crippen LogP contribution is 1.98. The second-order valence-electron chi connectivity index (χ2n) is 3.71. The predicted octanol–water partition coefficient (Wildman–Crippen LogP) is 1.68. The Balaban J connectivity index is 1.96. The fraction of sp³-hybridized carbons (Fsp3) is 0.583. The third-order valence-corrected chi connectivity index (χ3v) is 2.26. The maximum atomic E-state index is 11.3. The molecule has 1 rings (SSSR count). The normalized spacial score (nSPS) is 10.3. The number of furan rings is 1. The maximum Gasteiger partial charge on any atom is 0.221 e. The van der Waals surface area contributed by atoms with Crippen LogP contribution in [-0.4, -0.2) is 19.0 Å². The lowest BCUT2D eigenvalue weighted by Crippen LogP contribution is -2.28. The van der Waals surface area contributed by atoms with Gasteiger partial charge >= 0.3 is 0 Å². The fourth-order valence-corrected chi connectivity index (χ4v) is 1.32. The zero-order valence-corrected chi connectivity index (χ0v) is 9.79. The highest BCUT2D eigenvalue weighted by molar-refractivity contribution is 5.75. The van der Waals surface area contributed by atoms with Crippen LogP contribution in [0.2, 0.25) is 0 Å². The van der Waals surface area contributed by atoms with Crippen molar-refractivity contribution in [2.75, 3.05) is 13.1 Å². The van der Waals surface area contributed by atoms with Crippen molar-refractivity contribution >= 4 is 5.91 Å². The number of unbranched alkanes of at least 4 members (excludes halogenated alkanes) is 1. The molecule has 0 aliphatic rings. The van der Waals surface area contributed by atoms with E-state index in [1.54, 1.807) is 6.26 Å². The second kappa shape index (κ2) is 7.93. The molecule has 4 heteroatoms. The van der Waals surface area contributed by atoms with Gasteiger partial charge in [-0.25, -0.2) is 0 Å². The molecule has 2 N–H and O–H groups in total. The Morgan fingerprint density at radius 1 is 1.44 bits per heavy atom. The fourth-order valence-electron chi connectivity index (χ4n) is 1.32. The van der Waals surface area contributed by atoms with E-state index in [1.807, 2.05) is 12.1 Å². The van der Waals surface area contributed by atoms with Gasteiger partial charge in [-0.3, -0.25) is 4.79 Å². The summed E-state index contributed by atoms with van der Waals surface area (Å²) < 4.78 is 5.16. The summed E-state index contributed by atoms with van der Waals surface area (Å²) in [5, 5.41) is 6.03.